The first-order chi connectivity index (χ1) is 11.8. The van der Waals surface area contributed by atoms with Crippen molar-refractivity contribution >= 4 is 23.0 Å². The maximum Gasteiger partial charge on any atom is 0.416 e. The van der Waals surface area contributed by atoms with Crippen LogP contribution in [0.25, 0.3) is 0 Å². The van der Waals surface area contributed by atoms with Gasteiger partial charge in [0.1, 0.15) is 5.84 Å². The SMILES string of the molecule is O=C1c2cc(C(F)(F)F)ccc2N=C2N(c3ccccc3)CC[C@@]12O. The zero-order valence-electron chi connectivity index (χ0n) is 12.9. The first kappa shape index (κ1) is 15.8. The number of halogens is 3. The van der Waals surface area contributed by atoms with Crippen LogP contribution in [-0.4, -0.2) is 28.9 Å². The van der Waals surface area contributed by atoms with E-state index in [0.717, 1.165) is 17.8 Å². The number of nitrogens with zero attached hydrogens (tertiary/aromatic N) is 2. The third kappa shape index (κ3) is 2.34. The summed E-state index contributed by atoms with van der Waals surface area (Å²) < 4.78 is 38.7. The van der Waals surface area contributed by atoms with Crippen molar-refractivity contribution in [1.29, 1.82) is 0 Å². The second kappa shape index (κ2) is 5.16. The lowest BCUT2D eigenvalue weighted by Gasteiger charge is -2.30. The Morgan fingerprint density at radius 2 is 1.84 bits per heavy atom. The van der Waals surface area contributed by atoms with E-state index in [1.165, 1.54) is 6.07 Å². The molecule has 0 aliphatic carbocycles. The number of Topliss-reactive ketones (excluding diaryl/α,β-unsaturated/α-hetero) is 1. The number of amidine groups is 1. The van der Waals surface area contributed by atoms with Gasteiger partial charge in [0.2, 0.25) is 5.78 Å². The number of anilines is 1. The van der Waals surface area contributed by atoms with Gasteiger partial charge in [-0.05, 0) is 30.3 Å². The van der Waals surface area contributed by atoms with Gasteiger partial charge in [-0.1, -0.05) is 18.2 Å². The van der Waals surface area contributed by atoms with Crippen LogP contribution in [0.3, 0.4) is 0 Å². The van der Waals surface area contributed by atoms with E-state index in [-0.39, 0.29) is 23.5 Å². The normalized spacial score (nSPS) is 22.5. The molecule has 0 radical (unpaired) electrons. The van der Waals surface area contributed by atoms with E-state index in [2.05, 4.69) is 4.99 Å². The Kier molecular flexibility index (Phi) is 3.27. The lowest BCUT2D eigenvalue weighted by atomic mass is 9.87. The fourth-order valence-electron chi connectivity index (χ4n) is 3.27. The number of hydrogen-bond donors (Lipinski definition) is 1. The number of para-hydroxylation sites is 1. The van der Waals surface area contributed by atoms with E-state index in [1.54, 1.807) is 4.90 Å². The second-order valence-corrected chi connectivity index (χ2v) is 6.09. The number of benzene rings is 2. The van der Waals surface area contributed by atoms with Crippen molar-refractivity contribution in [3.8, 4) is 0 Å². The average Bonchev–Trinajstić information content (AvgIpc) is 2.93. The minimum Gasteiger partial charge on any atom is -0.374 e. The van der Waals surface area contributed by atoms with Crippen molar-refractivity contribution in [2.24, 2.45) is 4.99 Å². The average molecular weight is 346 g/mol. The van der Waals surface area contributed by atoms with Crippen LogP contribution >= 0.6 is 0 Å². The highest BCUT2D eigenvalue weighted by molar-refractivity contribution is 6.28. The zero-order chi connectivity index (χ0) is 17.8. The quantitative estimate of drug-likeness (QED) is 0.859. The highest BCUT2D eigenvalue weighted by Gasteiger charge is 2.52. The number of alkyl halides is 3. The monoisotopic (exact) mass is 346 g/mol. The largest absolute Gasteiger partial charge is 0.416 e. The molecule has 2 aliphatic heterocycles. The van der Waals surface area contributed by atoms with Gasteiger partial charge in [-0.3, -0.25) is 4.79 Å². The number of aliphatic hydroxyl groups is 1. The third-order valence-corrected chi connectivity index (χ3v) is 4.56. The molecule has 1 fully saturated rings. The third-order valence-electron chi connectivity index (χ3n) is 4.56. The molecule has 0 aromatic heterocycles. The van der Waals surface area contributed by atoms with E-state index >= 15 is 0 Å². The summed E-state index contributed by atoms with van der Waals surface area (Å²) in [5.41, 5.74) is -2.12. The molecular weight excluding hydrogens is 333 g/mol. The van der Waals surface area contributed by atoms with E-state index < -0.39 is 23.1 Å². The fraction of sp³-hybridized carbons (Fsp3) is 0.222. The number of fused-ring (bicyclic) bond motifs is 2. The minimum absolute atomic E-state index is 0.0786. The highest BCUT2D eigenvalue weighted by Crippen LogP contribution is 2.41. The Bertz CT molecular complexity index is 893. The van der Waals surface area contributed by atoms with Crippen LogP contribution in [0.2, 0.25) is 0 Å². The molecule has 4 rings (SSSR count). The van der Waals surface area contributed by atoms with E-state index in [9.17, 15) is 23.1 Å². The number of rotatable bonds is 1. The van der Waals surface area contributed by atoms with Crippen LogP contribution in [0.4, 0.5) is 24.5 Å². The Hall–Kier alpha value is -2.67. The minimum atomic E-state index is -4.56. The summed E-state index contributed by atoms with van der Waals surface area (Å²) in [6.07, 6.45) is -4.48. The molecule has 0 spiro atoms. The predicted octanol–water partition coefficient (Wildman–Crippen LogP) is 3.57. The molecule has 128 valence electrons. The molecule has 0 unspecified atom stereocenters. The van der Waals surface area contributed by atoms with Gasteiger partial charge in [-0.25, -0.2) is 4.99 Å². The molecule has 7 heteroatoms. The topological polar surface area (TPSA) is 52.9 Å². The molecule has 2 heterocycles. The summed E-state index contributed by atoms with van der Waals surface area (Å²) in [7, 11) is 0. The number of carbonyl (C=O) groups is 1. The summed E-state index contributed by atoms with van der Waals surface area (Å²) >= 11 is 0. The number of carbonyl (C=O) groups excluding carboxylic acids is 1. The molecule has 0 saturated carbocycles. The van der Waals surface area contributed by atoms with Gasteiger partial charge in [0.05, 0.1) is 11.3 Å². The van der Waals surface area contributed by atoms with Crippen molar-refractivity contribution in [1.82, 2.24) is 0 Å². The van der Waals surface area contributed by atoms with Gasteiger partial charge in [-0.2, -0.15) is 13.2 Å². The van der Waals surface area contributed by atoms with Crippen molar-refractivity contribution in [2.45, 2.75) is 18.2 Å². The first-order valence-electron chi connectivity index (χ1n) is 7.71. The van der Waals surface area contributed by atoms with Crippen LogP contribution in [-0.2, 0) is 6.18 Å². The van der Waals surface area contributed by atoms with Gasteiger partial charge < -0.3 is 10.0 Å². The molecule has 2 aliphatic rings. The van der Waals surface area contributed by atoms with Gasteiger partial charge in [0, 0.05) is 24.2 Å². The van der Waals surface area contributed by atoms with E-state index in [0.29, 0.717) is 6.54 Å². The summed E-state index contributed by atoms with van der Waals surface area (Å²) in [6.45, 7) is 0.352. The van der Waals surface area contributed by atoms with Gasteiger partial charge in [-0.15, -0.1) is 0 Å². The molecule has 25 heavy (non-hydrogen) atoms. The Balaban J connectivity index is 1.84. The number of hydrogen-bond acceptors (Lipinski definition) is 4. The first-order valence-corrected chi connectivity index (χ1v) is 7.71. The van der Waals surface area contributed by atoms with E-state index in [4.69, 9.17) is 0 Å². The lowest BCUT2D eigenvalue weighted by molar-refractivity contribution is -0.137. The Labute approximate surface area is 141 Å². The van der Waals surface area contributed by atoms with Gasteiger partial charge in [0.15, 0.2) is 5.60 Å². The predicted molar refractivity (Wildman–Crippen MR) is 86.2 cm³/mol. The summed E-state index contributed by atoms with van der Waals surface area (Å²) in [4.78, 5) is 18.8. The van der Waals surface area contributed by atoms with Gasteiger partial charge in [0.25, 0.3) is 0 Å². The molecule has 2 aromatic rings. The van der Waals surface area contributed by atoms with Crippen LogP contribution in [0, 0.1) is 0 Å². The summed E-state index contributed by atoms with van der Waals surface area (Å²) in [6, 6.07) is 12.0. The van der Waals surface area contributed by atoms with Crippen molar-refractivity contribution in [3.63, 3.8) is 0 Å². The Morgan fingerprint density at radius 1 is 1.12 bits per heavy atom. The van der Waals surface area contributed by atoms with Crippen molar-refractivity contribution < 1.29 is 23.1 Å². The highest BCUT2D eigenvalue weighted by atomic mass is 19.4. The van der Waals surface area contributed by atoms with Crippen LogP contribution in [0.5, 0.6) is 0 Å². The molecule has 1 saturated heterocycles. The fourth-order valence-corrected chi connectivity index (χ4v) is 3.27. The molecule has 4 nitrogen and oxygen atoms in total. The van der Waals surface area contributed by atoms with Crippen LogP contribution in [0.1, 0.15) is 22.3 Å². The van der Waals surface area contributed by atoms with Gasteiger partial charge >= 0.3 is 6.18 Å². The van der Waals surface area contributed by atoms with Crippen LogP contribution < -0.4 is 4.90 Å². The zero-order valence-corrected chi connectivity index (χ0v) is 12.9. The molecule has 1 atom stereocenters. The van der Waals surface area contributed by atoms with Crippen molar-refractivity contribution in [3.05, 3.63) is 59.7 Å². The molecule has 1 N–H and O–H groups in total. The lowest BCUT2D eigenvalue weighted by Crippen LogP contribution is -2.48. The maximum absolute atomic E-state index is 12.9. The second-order valence-electron chi connectivity index (χ2n) is 6.09. The van der Waals surface area contributed by atoms with E-state index in [1.807, 2.05) is 30.3 Å². The maximum atomic E-state index is 12.9. The summed E-state index contributed by atoms with van der Waals surface area (Å²) in [5.74, 6) is -0.576. The molecule has 0 amide bonds. The van der Waals surface area contributed by atoms with Crippen molar-refractivity contribution in [2.75, 3.05) is 11.4 Å². The van der Waals surface area contributed by atoms with Crippen LogP contribution in [0.15, 0.2) is 53.5 Å². The summed E-state index contributed by atoms with van der Waals surface area (Å²) in [5, 5.41) is 10.8. The smallest absolute Gasteiger partial charge is 0.374 e. The Morgan fingerprint density at radius 3 is 2.52 bits per heavy atom. The molecule has 0 bridgehead atoms. The standard InChI is InChI=1S/C18H13F3N2O2/c19-18(20,21)11-6-7-14-13(10-11)15(24)17(25)8-9-23(16(17)22-14)12-4-2-1-3-5-12/h1-7,10,25H,8-9H2/t17-/m1/s1. The number of ketones is 1. The molecular formula is C18H13F3N2O2. The number of aliphatic imine (C=N–C) groups is 1. The molecule has 2 aromatic carbocycles.